The van der Waals surface area contributed by atoms with E-state index in [1.807, 2.05) is 0 Å². The molecule has 1 aromatic carbocycles. The molecule has 0 radical (unpaired) electrons. The Morgan fingerprint density at radius 3 is 2.36 bits per heavy atom. The Labute approximate surface area is 88.4 Å². The van der Waals surface area contributed by atoms with Gasteiger partial charge >= 0.3 is 0 Å². The van der Waals surface area contributed by atoms with Crippen LogP contribution in [0.2, 0.25) is 0 Å². The van der Waals surface area contributed by atoms with Gasteiger partial charge in [-0.15, -0.1) is 0 Å². The van der Waals surface area contributed by atoms with E-state index in [0.29, 0.717) is 0 Å². The van der Waals surface area contributed by atoms with Gasteiger partial charge in [-0.1, -0.05) is 0 Å². The summed E-state index contributed by atoms with van der Waals surface area (Å²) in [4.78, 5) is 11.2. The van der Waals surface area contributed by atoms with Gasteiger partial charge in [-0.2, -0.15) is 0 Å². The number of likely N-dealkylation sites (N-methyl/N-ethyl adjacent to an activating group) is 1. The smallest absolute Gasteiger partial charge is 0.176 e. The van der Waals surface area contributed by atoms with Gasteiger partial charge in [0.1, 0.15) is 11.6 Å². The van der Waals surface area contributed by atoms with E-state index in [9.17, 15) is 13.6 Å². The molecule has 0 aromatic heterocycles. The molecular weight excluding hydrogens is 256 g/mol. The van der Waals surface area contributed by atoms with Crippen LogP contribution in [0.4, 0.5) is 8.78 Å². The lowest BCUT2D eigenvalue weighted by Crippen LogP contribution is -2.18. The first-order valence-electron chi connectivity index (χ1n) is 3.88. The molecule has 0 atom stereocenters. The second kappa shape index (κ2) is 4.61. The summed E-state index contributed by atoms with van der Waals surface area (Å²) in [5.41, 5.74) is 0.0255. The zero-order chi connectivity index (χ0) is 10.7. The maximum atomic E-state index is 13.0. The Kier molecular flexibility index (Phi) is 3.71. The topological polar surface area (TPSA) is 29.1 Å². The molecule has 0 aliphatic rings. The molecule has 0 unspecified atom stereocenters. The highest BCUT2D eigenvalue weighted by molar-refractivity contribution is 9.10. The second-order valence-corrected chi connectivity index (χ2v) is 3.50. The second-order valence-electron chi connectivity index (χ2n) is 2.71. The number of hydrogen-bond donors (Lipinski definition) is 1. The van der Waals surface area contributed by atoms with E-state index in [1.165, 1.54) is 0 Å². The Balaban J connectivity index is 3.06. The standard InChI is InChI=1S/C9H8BrF2NO/c1-13-4-8(14)5-2-6(11)9(10)7(12)3-5/h2-3,13H,4H2,1H3. The van der Waals surface area contributed by atoms with Crippen molar-refractivity contribution >= 4 is 21.7 Å². The summed E-state index contributed by atoms with van der Waals surface area (Å²) in [6, 6.07) is 2.01. The number of Topliss-reactive ketones (excluding diaryl/α,β-unsaturated/α-hetero) is 1. The summed E-state index contributed by atoms with van der Waals surface area (Å²) in [5.74, 6) is -1.90. The molecule has 1 aromatic rings. The summed E-state index contributed by atoms with van der Waals surface area (Å²) in [7, 11) is 1.59. The van der Waals surface area contributed by atoms with Gasteiger partial charge in [-0.3, -0.25) is 4.79 Å². The van der Waals surface area contributed by atoms with Crippen molar-refractivity contribution in [2.45, 2.75) is 0 Å². The van der Waals surface area contributed by atoms with Crippen LogP contribution in [0.25, 0.3) is 0 Å². The quantitative estimate of drug-likeness (QED) is 0.669. The van der Waals surface area contributed by atoms with Crippen LogP contribution in [-0.2, 0) is 0 Å². The molecule has 0 amide bonds. The third kappa shape index (κ3) is 2.36. The molecule has 14 heavy (non-hydrogen) atoms. The van der Waals surface area contributed by atoms with Gasteiger partial charge in [0.05, 0.1) is 11.0 Å². The van der Waals surface area contributed by atoms with Crippen LogP contribution in [0.5, 0.6) is 0 Å². The van der Waals surface area contributed by atoms with Crippen LogP contribution in [-0.4, -0.2) is 19.4 Å². The van der Waals surface area contributed by atoms with E-state index in [4.69, 9.17) is 0 Å². The van der Waals surface area contributed by atoms with Crippen LogP contribution in [0.1, 0.15) is 10.4 Å². The molecule has 0 heterocycles. The number of ketones is 1. The number of carbonyl (C=O) groups excluding carboxylic acids is 1. The van der Waals surface area contributed by atoms with Crippen molar-refractivity contribution < 1.29 is 13.6 Å². The maximum Gasteiger partial charge on any atom is 0.176 e. The van der Waals surface area contributed by atoms with Gasteiger partial charge < -0.3 is 5.32 Å². The summed E-state index contributed by atoms with van der Waals surface area (Å²) < 4.78 is 25.7. The van der Waals surface area contributed by atoms with Crippen LogP contribution in [0.15, 0.2) is 16.6 Å². The molecule has 0 aliphatic carbocycles. The van der Waals surface area contributed by atoms with E-state index in [2.05, 4.69) is 21.2 Å². The fourth-order valence-electron chi connectivity index (χ4n) is 0.979. The van der Waals surface area contributed by atoms with E-state index in [-0.39, 0.29) is 22.4 Å². The molecule has 0 spiro atoms. The average Bonchev–Trinajstić information content (AvgIpc) is 2.13. The molecule has 1 rings (SSSR count). The molecule has 0 bridgehead atoms. The minimum Gasteiger partial charge on any atom is -0.313 e. The minimum atomic E-state index is -0.774. The molecule has 0 saturated heterocycles. The predicted molar refractivity (Wildman–Crippen MR) is 52.3 cm³/mol. The predicted octanol–water partition coefficient (Wildman–Crippen LogP) is 2.13. The zero-order valence-electron chi connectivity index (χ0n) is 7.40. The van der Waals surface area contributed by atoms with Crippen LogP contribution >= 0.6 is 15.9 Å². The normalized spacial score (nSPS) is 10.3. The van der Waals surface area contributed by atoms with Crippen LogP contribution in [0, 0.1) is 11.6 Å². The number of rotatable bonds is 3. The largest absolute Gasteiger partial charge is 0.313 e. The lowest BCUT2D eigenvalue weighted by Gasteiger charge is -2.02. The summed E-state index contributed by atoms with van der Waals surface area (Å²) in [6.45, 7) is 0.0561. The first-order valence-corrected chi connectivity index (χ1v) is 4.68. The fourth-order valence-corrected chi connectivity index (χ4v) is 1.21. The maximum absolute atomic E-state index is 13.0. The Morgan fingerprint density at radius 2 is 1.93 bits per heavy atom. The molecule has 2 nitrogen and oxygen atoms in total. The highest BCUT2D eigenvalue weighted by atomic mass is 79.9. The average molecular weight is 264 g/mol. The van der Waals surface area contributed by atoms with Gasteiger partial charge in [-0.25, -0.2) is 8.78 Å². The Bertz CT molecular complexity index is 345. The number of hydrogen-bond acceptors (Lipinski definition) is 2. The minimum absolute atomic E-state index is 0.0255. The zero-order valence-corrected chi connectivity index (χ0v) is 8.99. The Morgan fingerprint density at radius 1 is 1.43 bits per heavy atom. The SMILES string of the molecule is CNCC(=O)c1cc(F)c(Br)c(F)c1. The molecule has 1 N–H and O–H groups in total. The van der Waals surface area contributed by atoms with Crippen molar-refractivity contribution in [2.24, 2.45) is 0 Å². The first kappa shape index (κ1) is 11.3. The number of halogens is 3. The van der Waals surface area contributed by atoms with Crippen LogP contribution in [0.3, 0.4) is 0 Å². The number of nitrogens with one attached hydrogen (secondary N) is 1. The van der Waals surface area contributed by atoms with Crippen molar-refractivity contribution in [2.75, 3.05) is 13.6 Å². The van der Waals surface area contributed by atoms with Crippen molar-refractivity contribution in [3.63, 3.8) is 0 Å². The number of benzene rings is 1. The lowest BCUT2D eigenvalue weighted by atomic mass is 10.1. The molecule has 5 heteroatoms. The van der Waals surface area contributed by atoms with Crippen LogP contribution < -0.4 is 5.32 Å². The summed E-state index contributed by atoms with van der Waals surface area (Å²) in [6.07, 6.45) is 0. The van der Waals surface area contributed by atoms with Crippen molar-refractivity contribution in [1.82, 2.24) is 5.32 Å². The summed E-state index contributed by atoms with van der Waals surface area (Å²) >= 11 is 2.72. The van der Waals surface area contributed by atoms with Gasteiger partial charge in [0.2, 0.25) is 0 Å². The van der Waals surface area contributed by atoms with E-state index >= 15 is 0 Å². The molecule has 0 fully saturated rings. The highest BCUT2D eigenvalue weighted by Crippen LogP contribution is 2.21. The number of carbonyl (C=O) groups is 1. The third-order valence-corrected chi connectivity index (χ3v) is 2.40. The Hall–Kier alpha value is -0.810. The van der Waals surface area contributed by atoms with Gasteiger partial charge in [-0.05, 0) is 35.1 Å². The van der Waals surface area contributed by atoms with Gasteiger partial charge in [0, 0.05) is 5.56 Å². The van der Waals surface area contributed by atoms with E-state index < -0.39 is 11.6 Å². The summed E-state index contributed by atoms with van der Waals surface area (Å²) in [5, 5.41) is 2.61. The van der Waals surface area contributed by atoms with E-state index in [1.54, 1.807) is 7.05 Å². The highest BCUT2D eigenvalue weighted by Gasteiger charge is 2.12. The lowest BCUT2D eigenvalue weighted by molar-refractivity contribution is 0.0992. The van der Waals surface area contributed by atoms with Crippen molar-refractivity contribution in [3.8, 4) is 0 Å². The first-order chi connectivity index (χ1) is 6.56. The van der Waals surface area contributed by atoms with Gasteiger partial charge in [0.25, 0.3) is 0 Å². The molecule has 76 valence electrons. The fraction of sp³-hybridized carbons (Fsp3) is 0.222. The third-order valence-electron chi connectivity index (χ3n) is 1.64. The van der Waals surface area contributed by atoms with Crippen molar-refractivity contribution in [3.05, 3.63) is 33.8 Å². The van der Waals surface area contributed by atoms with Gasteiger partial charge in [0.15, 0.2) is 5.78 Å². The van der Waals surface area contributed by atoms with E-state index in [0.717, 1.165) is 12.1 Å². The monoisotopic (exact) mass is 263 g/mol. The van der Waals surface area contributed by atoms with Crippen molar-refractivity contribution in [1.29, 1.82) is 0 Å². The molecule has 0 aliphatic heterocycles. The molecule has 0 saturated carbocycles. The molecular formula is C9H8BrF2NO.